The van der Waals surface area contributed by atoms with E-state index in [2.05, 4.69) is 36.6 Å². The van der Waals surface area contributed by atoms with Crippen molar-refractivity contribution in [2.45, 2.75) is 71.4 Å². The molecule has 1 heterocycles. The SMILES string of the molecule is CCNC(=NCC(C1CCCCC1)N(C)C)NC1CCN(C(=O)C(C)C)C1.I. The fraction of sp³-hybridized carbons (Fsp3) is 0.905. The van der Waals surface area contributed by atoms with E-state index in [4.69, 9.17) is 4.99 Å². The number of guanidine groups is 1. The molecular formula is C21H42IN5O. The van der Waals surface area contributed by atoms with Gasteiger partial charge in [0.05, 0.1) is 6.54 Å². The van der Waals surface area contributed by atoms with Gasteiger partial charge < -0.3 is 20.4 Å². The highest BCUT2D eigenvalue weighted by atomic mass is 127. The molecule has 1 aliphatic carbocycles. The van der Waals surface area contributed by atoms with Crippen LogP contribution in [0.15, 0.2) is 4.99 Å². The smallest absolute Gasteiger partial charge is 0.225 e. The Kier molecular flexibility index (Phi) is 11.7. The summed E-state index contributed by atoms with van der Waals surface area (Å²) in [7, 11) is 4.36. The minimum atomic E-state index is 0. The molecular weight excluding hydrogens is 465 g/mol. The van der Waals surface area contributed by atoms with Crippen molar-refractivity contribution < 1.29 is 4.79 Å². The quantitative estimate of drug-likeness (QED) is 0.316. The fourth-order valence-corrected chi connectivity index (χ4v) is 4.39. The molecule has 2 unspecified atom stereocenters. The van der Waals surface area contributed by atoms with Crippen LogP contribution in [0.1, 0.15) is 59.3 Å². The van der Waals surface area contributed by atoms with Crippen molar-refractivity contribution in [3.63, 3.8) is 0 Å². The molecule has 0 spiro atoms. The number of rotatable bonds is 7. The Hall–Kier alpha value is -0.570. The lowest BCUT2D eigenvalue weighted by molar-refractivity contribution is -0.133. The minimum Gasteiger partial charge on any atom is -0.357 e. The van der Waals surface area contributed by atoms with Crippen LogP contribution in [0.4, 0.5) is 0 Å². The first-order chi connectivity index (χ1) is 12.9. The second kappa shape index (κ2) is 12.9. The van der Waals surface area contributed by atoms with Crippen LogP contribution in [0, 0.1) is 11.8 Å². The third-order valence-corrected chi connectivity index (χ3v) is 5.97. The summed E-state index contributed by atoms with van der Waals surface area (Å²) in [5.41, 5.74) is 0. The van der Waals surface area contributed by atoms with Gasteiger partial charge >= 0.3 is 0 Å². The second-order valence-corrected chi connectivity index (χ2v) is 8.72. The Morgan fingerprint density at radius 1 is 1.18 bits per heavy atom. The number of halogens is 1. The van der Waals surface area contributed by atoms with E-state index in [1.54, 1.807) is 0 Å². The Morgan fingerprint density at radius 3 is 2.43 bits per heavy atom. The molecule has 1 saturated heterocycles. The van der Waals surface area contributed by atoms with Gasteiger partial charge in [0.25, 0.3) is 0 Å². The average Bonchev–Trinajstić information content (AvgIpc) is 3.10. The fourth-order valence-electron chi connectivity index (χ4n) is 4.39. The molecule has 1 saturated carbocycles. The number of likely N-dealkylation sites (N-methyl/N-ethyl adjacent to an activating group) is 1. The summed E-state index contributed by atoms with van der Waals surface area (Å²) in [6.45, 7) is 9.35. The van der Waals surface area contributed by atoms with Gasteiger partial charge in [-0.25, -0.2) is 0 Å². The van der Waals surface area contributed by atoms with Crippen molar-refractivity contribution in [1.29, 1.82) is 0 Å². The lowest BCUT2D eigenvalue weighted by atomic mass is 9.83. The first-order valence-corrected chi connectivity index (χ1v) is 10.9. The first kappa shape index (κ1) is 25.5. The third-order valence-electron chi connectivity index (χ3n) is 5.97. The van der Waals surface area contributed by atoms with Crippen molar-refractivity contribution in [1.82, 2.24) is 20.4 Å². The monoisotopic (exact) mass is 507 g/mol. The van der Waals surface area contributed by atoms with Gasteiger partial charge in [0, 0.05) is 37.6 Å². The van der Waals surface area contributed by atoms with Crippen molar-refractivity contribution in [2.24, 2.45) is 16.8 Å². The van der Waals surface area contributed by atoms with Crippen molar-refractivity contribution >= 4 is 35.8 Å². The van der Waals surface area contributed by atoms with E-state index >= 15 is 0 Å². The van der Waals surface area contributed by atoms with Crippen LogP contribution in [0.2, 0.25) is 0 Å². The van der Waals surface area contributed by atoms with Crippen LogP contribution >= 0.6 is 24.0 Å². The van der Waals surface area contributed by atoms with E-state index < -0.39 is 0 Å². The normalized spacial score (nSPS) is 22.3. The van der Waals surface area contributed by atoms with E-state index in [-0.39, 0.29) is 41.8 Å². The maximum atomic E-state index is 12.2. The number of amides is 1. The second-order valence-electron chi connectivity index (χ2n) is 8.72. The molecule has 164 valence electrons. The number of likely N-dealkylation sites (tertiary alicyclic amines) is 1. The number of nitrogens with one attached hydrogen (secondary N) is 2. The van der Waals surface area contributed by atoms with Crippen molar-refractivity contribution in [2.75, 3.05) is 40.3 Å². The van der Waals surface area contributed by atoms with E-state index in [1.807, 2.05) is 18.7 Å². The van der Waals surface area contributed by atoms with Crippen LogP contribution in [0.25, 0.3) is 0 Å². The highest BCUT2D eigenvalue weighted by Gasteiger charge is 2.28. The van der Waals surface area contributed by atoms with E-state index in [9.17, 15) is 4.79 Å². The summed E-state index contributed by atoms with van der Waals surface area (Å²) in [5, 5.41) is 6.95. The predicted molar refractivity (Wildman–Crippen MR) is 128 cm³/mol. The maximum absolute atomic E-state index is 12.2. The molecule has 1 aliphatic heterocycles. The van der Waals surface area contributed by atoms with Gasteiger partial charge in [0.2, 0.25) is 5.91 Å². The van der Waals surface area contributed by atoms with Crippen LogP contribution in [-0.4, -0.2) is 74.0 Å². The standard InChI is InChI=1S/C21H41N5O.HI/c1-6-22-21(24-18-12-13-26(15-18)20(27)16(2)3)23-14-19(25(4)5)17-10-8-7-9-11-17;/h16-19H,6-15H2,1-5H3,(H2,22,23,24);1H. The van der Waals surface area contributed by atoms with Gasteiger partial charge in [-0.05, 0) is 46.2 Å². The van der Waals surface area contributed by atoms with E-state index in [0.717, 1.165) is 44.5 Å². The van der Waals surface area contributed by atoms with Gasteiger partial charge in [0.1, 0.15) is 0 Å². The molecule has 0 aromatic rings. The molecule has 28 heavy (non-hydrogen) atoms. The van der Waals surface area contributed by atoms with Crippen LogP contribution in [0.5, 0.6) is 0 Å². The molecule has 7 heteroatoms. The molecule has 2 aliphatic rings. The van der Waals surface area contributed by atoms with Crippen LogP contribution in [0.3, 0.4) is 0 Å². The molecule has 0 aromatic heterocycles. The molecule has 2 atom stereocenters. The number of carbonyl (C=O) groups excluding carboxylic acids is 1. The topological polar surface area (TPSA) is 60.0 Å². The maximum Gasteiger partial charge on any atom is 0.225 e. The summed E-state index contributed by atoms with van der Waals surface area (Å²) in [6, 6.07) is 0.793. The molecule has 0 bridgehead atoms. The number of hydrogen-bond acceptors (Lipinski definition) is 3. The average molecular weight is 508 g/mol. The van der Waals surface area contributed by atoms with Gasteiger partial charge in [-0.2, -0.15) is 0 Å². The Bertz CT molecular complexity index is 491. The molecule has 1 amide bonds. The highest BCUT2D eigenvalue weighted by molar-refractivity contribution is 14.0. The van der Waals surface area contributed by atoms with Crippen molar-refractivity contribution in [3.05, 3.63) is 0 Å². The number of nitrogens with zero attached hydrogens (tertiary/aromatic N) is 3. The van der Waals surface area contributed by atoms with Gasteiger partial charge in [-0.3, -0.25) is 9.79 Å². The lowest BCUT2D eigenvalue weighted by Gasteiger charge is -2.34. The Labute approximate surface area is 189 Å². The van der Waals surface area contributed by atoms with Crippen molar-refractivity contribution in [3.8, 4) is 0 Å². The third kappa shape index (κ3) is 7.69. The van der Waals surface area contributed by atoms with E-state index in [0.29, 0.717) is 6.04 Å². The predicted octanol–water partition coefficient (Wildman–Crippen LogP) is 2.93. The number of aliphatic imine (C=N–C) groups is 1. The number of hydrogen-bond donors (Lipinski definition) is 2. The van der Waals surface area contributed by atoms with Crippen LogP contribution < -0.4 is 10.6 Å². The highest BCUT2D eigenvalue weighted by Crippen LogP contribution is 2.28. The summed E-state index contributed by atoms with van der Waals surface area (Å²) < 4.78 is 0. The number of carbonyl (C=O) groups is 1. The van der Waals surface area contributed by atoms with Gasteiger partial charge in [-0.1, -0.05) is 33.1 Å². The summed E-state index contributed by atoms with van der Waals surface area (Å²) >= 11 is 0. The van der Waals surface area contributed by atoms with Gasteiger partial charge in [0.15, 0.2) is 5.96 Å². The molecule has 6 nitrogen and oxygen atoms in total. The Balaban J connectivity index is 0.00000392. The molecule has 2 rings (SSSR count). The summed E-state index contributed by atoms with van der Waals surface area (Å²) in [6.07, 6.45) is 7.76. The van der Waals surface area contributed by atoms with E-state index in [1.165, 1.54) is 32.1 Å². The minimum absolute atomic E-state index is 0. The largest absolute Gasteiger partial charge is 0.357 e. The molecule has 0 radical (unpaired) electrons. The van der Waals surface area contributed by atoms with Crippen LogP contribution in [-0.2, 0) is 4.79 Å². The zero-order valence-corrected chi connectivity index (χ0v) is 20.9. The zero-order chi connectivity index (χ0) is 19.8. The summed E-state index contributed by atoms with van der Waals surface area (Å²) in [5.74, 6) is 1.98. The molecule has 0 aromatic carbocycles. The Morgan fingerprint density at radius 2 is 1.86 bits per heavy atom. The molecule has 2 fully saturated rings. The van der Waals surface area contributed by atoms with Gasteiger partial charge in [-0.15, -0.1) is 24.0 Å². The summed E-state index contributed by atoms with van der Waals surface area (Å²) in [4.78, 5) is 21.5. The lowest BCUT2D eigenvalue weighted by Crippen LogP contribution is -2.46. The molecule has 2 N–H and O–H groups in total. The zero-order valence-electron chi connectivity index (χ0n) is 18.5. The first-order valence-electron chi connectivity index (χ1n) is 10.9.